The fraction of sp³-hybridized carbons (Fsp3) is 0. The zero-order chi connectivity index (χ0) is 0. The SMILES string of the molecule is Cl.Cl.O.O.O.O.[Ca+2].[Ca+2].[H-].[H-].[H-].[H-]. The quantitative estimate of drug-likeness (QED) is 0.399. The molecule has 0 saturated carbocycles. The molecule has 56 valence electrons. The molecule has 0 bridgehead atoms. The molecule has 0 saturated heterocycles. The van der Waals surface area contributed by atoms with Crippen LogP contribution in [-0.2, 0) is 0 Å². The van der Waals surface area contributed by atoms with Gasteiger partial charge in [-0.2, -0.15) is 0 Å². The van der Waals surface area contributed by atoms with Crippen LogP contribution in [0.15, 0.2) is 0 Å². The topological polar surface area (TPSA) is 126 Å². The van der Waals surface area contributed by atoms with E-state index in [0.29, 0.717) is 0 Å². The zero-order valence-electron chi connectivity index (χ0n) is 8.23. The zero-order valence-corrected chi connectivity index (χ0v) is 10.3. The maximum Gasteiger partial charge on any atom is 2.00 e. The van der Waals surface area contributed by atoms with Crippen LogP contribution in [0.4, 0.5) is 0 Å². The van der Waals surface area contributed by atoms with Crippen LogP contribution < -0.4 is 0 Å². The molecule has 0 atom stereocenters. The summed E-state index contributed by atoms with van der Waals surface area (Å²) >= 11 is 0. The molecule has 4 nitrogen and oxygen atoms in total. The van der Waals surface area contributed by atoms with Crippen LogP contribution in [0, 0.1) is 0 Å². The maximum absolute atomic E-state index is 0. The third-order valence-electron chi connectivity index (χ3n) is 0. The number of hydrogen-bond donors (Lipinski definition) is 0. The standard InChI is InChI=1S/2Ca.2ClH.4H2O.4H/h;;2*1H;4*1H2;;;;/q2*+2;;;;;;;4*-1. The van der Waals surface area contributed by atoms with Gasteiger partial charge in [-0.1, -0.05) is 0 Å². The van der Waals surface area contributed by atoms with E-state index in [1.54, 1.807) is 0 Å². The van der Waals surface area contributed by atoms with E-state index in [0.717, 1.165) is 0 Å². The predicted molar refractivity (Wildman–Crippen MR) is 44.9 cm³/mol. The Morgan fingerprint density at radius 3 is 0.500 bits per heavy atom. The van der Waals surface area contributed by atoms with Crippen molar-refractivity contribution < 1.29 is 27.6 Å². The van der Waals surface area contributed by atoms with Crippen LogP contribution >= 0.6 is 24.8 Å². The summed E-state index contributed by atoms with van der Waals surface area (Å²) in [5.41, 5.74) is 0. The summed E-state index contributed by atoms with van der Waals surface area (Å²) in [4.78, 5) is 0. The Balaban J connectivity index is 0. The first kappa shape index (κ1) is 125. The second kappa shape index (κ2) is 91.9. The molecule has 0 aromatic rings. The molecule has 0 rings (SSSR count). The molecule has 0 aliphatic heterocycles. The number of hydrogen-bond acceptors (Lipinski definition) is 0. The largest absolute Gasteiger partial charge is 2.00 e. The molecule has 8 N–H and O–H groups in total. The van der Waals surface area contributed by atoms with Crippen molar-refractivity contribution in [3.8, 4) is 0 Å². The van der Waals surface area contributed by atoms with Crippen LogP contribution in [0.3, 0.4) is 0 Å². The molecule has 0 heterocycles. The molecule has 0 aliphatic carbocycles. The monoisotopic (exact) mass is 228 g/mol. The summed E-state index contributed by atoms with van der Waals surface area (Å²) in [6.07, 6.45) is 0. The van der Waals surface area contributed by atoms with E-state index in [-0.39, 0.29) is 128 Å². The van der Waals surface area contributed by atoms with E-state index in [1.807, 2.05) is 0 Å². The predicted octanol–water partition coefficient (Wildman–Crippen LogP) is -2.77. The molecule has 0 aliphatic rings. The van der Waals surface area contributed by atoms with Crippen molar-refractivity contribution in [2.45, 2.75) is 0 Å². The van der Waals surface area contributed by atoms with Gasteiger partial charge in [-0.05, 0) is 0 Å². The van der Waals surface area contributed by atoms with E-state index in [9.17, 15) is 0 Å². The van der Waals surface area contributed by atoms with E-state index < -0.39 is 0 Å². The number of rotatable bonds is 0. The average molecular weight is 229 g/mol. The van der Waals surface area contributed by atoms with Crippen LogP contribution in [0.2, 0.25) is 0 Å². The molecule has 0 amide bonds. The van der Waals surface area contributed by atoms with Gasteiger partial charge in [-0.15, -0.1) is 24.8 Å². The van der Waals surface area contributed by atoms with Crippen LogP contribution in [0.5, 0.6) is 0 Å². The molecular weight excluding hydrogens is 215 g/mol. The van der Waals surface area contributed by atoms with Crippen molar-refractivity contribution in [2.24, 2.45) is 0 Å². The van der Waals surface area contributed by atoms with Crippen molar-refractivity contribution in [1.29, 1.82) is 0 Å². The van der Waals surface area contributed by atoms with Gasteiger partial charge in [0.25, 0.3) is 0 Å². The maximum atomic E-state index is 0. The number of halogens is 2. The molecule has 0 unspecified atom stereocenters. The minimum absolute atomic E-state index is 0. The van der Waals surface area contributed by atoms with Gasteiger partial charge in [-0.3, -0.25) is 0 Å². The minimum Gasteiger partial charge on any atom is -1.00 e. The summed E-state index contributed by atoms with van der Waals surface area (Å²) in [5, 5.41) is 0. The second-order valence-corrected chi connectivity index (χ2v) is 0. The van der Waals surface area contributed by atoms with Crippen molar-refractivity contribution in [1.82, 2.24) is 0 Å². The van der Waals surface area contributed by atoms with E-state index in [1.165, 1.54) is 0 Å². The van der Waals surface area contributed by atoms with Crippen molar-refractivity contribution in [2.75, 3.05) is 0 Å². The van der Waals surface area contributed by atoms with Gasteiger partial charge in [0.15, 0.2) is 0 Å². The van der Waals surface area contributed by atoms with Gasteiger partial charge in [-0.25, -0.2) is 0 Å². The molecule has 8 heavy (non-hydrogen) atoms. The molecule has 0 aromatic carbocycles. The Hall–Kier alpha value is 2.94. The normalized spacial score (nSPS) is 0. The Morgan fingerprint density at radius 1 is 0.500 bits per heavy atom. The summed E-state index contributed by atoms with van der Waals surface area (Å²) < 4.78 is 0. The molecule has 0 fully saturated rings. The molecular formula is H14Ca2Cl2O4. The van der Waals surface area contributed by atoms with Crippen molar-refractivity contribution in [3.63, 3.8) is 0 Å². The van der Waals surface area contributed by atoms with E-state index >= 15 is 0 Å². The Morgan fingerprint density at radius 2 is 0.500 bits per heavy atom. The first-order valence-corrected chi connectivity index (χ1v) is 0. The summed E-state index contributed by atoms with van der Waals surface area (Å²) in [5.74, 6) is 0. The molecule has 8 heteroatoms. The Kier molecular flexibility index (Phi) is 1440. The van der Waals surface area contributed by atoms with E-state index in [2.05, 4.69) is 0 Å². The van der Waals surface area contributed by atoms with Gasteiger partial charge < -0.3 is 27.6 Å². The van der Waals surface area contributed by atoms with Crippen molar-refractivity contribution >= 4 is 100 Å². The molecule has 0 spiro atoms. The summed E-state index contributed by atoms with van der Waals surface area (Å²) in [7, 11) is 0. The van der Waals surface area contributed by atoms with Gasteiger partial charge in [0.1, 0.15) is 0 Å². The second-order valence-electron chi connectivity index (χ2n) is 0. The Bertz CT molecular complexity index is 23.0. The summed E-state index contributed by atoms with van der Waals surface area (Å²) in [6.45, 7) is 0. The van der Waals surface area contributed by atoms with Gasteiger partial charge in [0.05, 0.1) is 0 Å². The van der Waals surface area contributed by atoms with Crippen LogP contribution in [0.1, 0.15) is 5.71 Å². The third-order valence-corrected chi connectivity index (χ3v) is 0. The molecule has 0 aromatic heterocycles. The third kappa shape index (κ3) is 65.2. The van der Waals surface area contributed by atoms with Gasteiger partial charge in [0, 0.05) is 0 Å². The fourth-order valence-corrected chi connectivity index (χ4v) is 0. The molecule has 0 radical (unpaired) electrons. The first-order valence-electron chi connectivity index (χ1n) is 0. The fourth-order valence-electron chi connectivity index (χ4n) is 0. The first-order chi connectivity index (χ1) is 0. The van der Waals surface area contributed by atoms with Gasteiger partial charge in [0.2, 0.25) is 0 Å². The summed E-state index contributed by atoms with van der Waals surface area (Å²) in [6, 6.07) is 0. The Labute approximate surface area is 126 Å². The average Bonchev–Trinajstić information content (AvgIpc) is 0. The minimum atomic E-state index is 0. The van der Waals surface area contributed by atoms with Crippen LogP contribution in [-0.4, -0.2) is 97.4 Å². The smallest absolute Gasteiger partial charge is 1.00 e. The van der Waals surface area contributed by atoms with Crippen LogP contribution in [0.25, 0.3) is 0 Å². The van der Waals surface area contributed by atoms with Gasteiger partial charge >= 0.3 is 75.5 Å². The van der Waals surface area contributed by atoms with Crippen molar-refractivity contribution in [3.05, 3.63) is 0 Å². The van der Waals surface area contributed by atoms with E-state index in [4.69, 9.17) is 0 Å².